The van der Waals surface area contributed by atoms with Crippen molar-refractivity contribution in [2.24, 2.45) is 0 Å². The van der Waals surface area contributed by atoms with E-state index in [1.54, 1.807) is 0 Å². The van der Waals surface area contributed by atoms with E-state index in [0.717, 1.165) is 17.9 Å². The van der Waals surface area contributed by atoms with Crippen LogP contribution in [-0.4, -0.2) is 18.2 Å². The molecule has 2 atom stereocenters. The molecule has 2 unspecified atom stereocenters. The van der Waals surface area contributed by atoms with Gasteiger partial charge in [-0.2, -0.15) is 0 Å². The fourth-order valence-electron chi connectivity index (χ4n) is 1.59. The van der Waals surface area contributed by atoms with Crippen LogP contribution in [-0.2, 0) is 9.47 Å². The molecule has 88 valence electrons. The van der Waals surface area contributed by atoms with Crippen molar-refractivity contribution in [1.29, 1.82) is 0 Å². The average molecular weight is 333 g/mol. The number of rotatable bonds is 2. The van der Waals surface area contributed by atoms with Gasteiger partial charge >= 0.3 is 0 Å². The van der Waals surface area contributed by atoms with Crippen LogP contribution < -0.4 is 3.53 Å². The van der Waals surface area contributed by atoms with E-state index < -0.39 is 0 Å². The number of hydrogen-bond acceptors (Lipinski definition) is 3. The van der Waals surface area contributed by atoms with Gasteiger partial charge in [0.15, 0.2) is 11.5 Å². The Labute approximate surface area is 110 Å². The third-order valence-corrected chi connectivity index (χ3v) is 3.94. The maximum absolute atomic E-state index is 5.84. The van der Waals surface area contributed by atoms with E-state index in [1.165, 1.54) is 0 Å². The zero-order valence-electron chi connectivity index (χ0n) is 9.50. The molecule has 1 aliphatic heterocycles. The molecule has 0 bridgehead atoms. The van der Waals surface area contributed by atoms with Gasteiger partial charge in [-0.25, -0.2) is 3.53 Å². The second-order valence-electron chi connectivity index (χ2n) is 4.23. The standard InChI is InChI=1S/C12H16INO2/c1-3-9-8-15-10-4-6-12(2,14-13)7-5-11(10)16-9/h4-7,9,14H,3,8H2,1-2H3. The lowest BCUT2D eigenvalue weighted by Gasteiger charge is -2.25. The summed E-state index contributed by atoms with van der Waals surface area (Å²) in [5.41, 5.74) is -0.146. The maximum atomic E-state index is 5.84. The molecule has 2 aliphatic rings. The van der Waals surface area contributed by atoms with Gasteiger partial charge in [0, 0.05) is 22.9 Å². The van der Waals surface area contributed by atoms with Crippen LogP contribution in [0.4, 0.5) is 0 Å². The predicted octanol–water partition coefficient (Wildman–Crippen LogP) is 2.85. The first-order valence-corrected chi connectivity index (χ1v) is 6.55. The predicted molar refractivity (Wildman–Crippen MR) is 72.0 cm³/mol. The largest absolute Gasteiger partial charge is 0.486 e. The van der Waals surface area contributed by atoms with Gasteiger partial charge in [-0.05, 0) is 25.5 Å². The highest BCUT2D eigenvalue weighted by molar-refractivity contribution is 14.1. The SMILES string of the molecule is CCC1COC2=C(C=CC(C)(NI)C=C2)O1. The molecule has 3 nitrogen and oxygen atoms in total. The highest BCUT2D eigenvalue weighted by Gasteiger charge is 2.24. The summed E-state index contributed by atoms with van der Waals surface area (Å²) in [6.07, 6.45) is 9.27. The lowest BCUT2D eigenvalue weighted by molar-refractivity contribution is 0.00645. The van der Waals surface area contributed by atoms with Crippen molar-refractivity contribution in [3.05, 3.63) is 35.8 Å². The van der Waals surface area contributed by atoms with Crippen molar-refractivity contribution in [1.82, 2.24) is 3.53 Å². The first-order chi connectivity index (χ1) is 7.67. The van der Waals surface area contributed by atoms with Gasteiger partial charge in [-0.15, -0.1) is 0 Å². The molecule has 0 amide bonds. The smallest absolute Gasteiger partial charge is 0.161 e. The van der Waals surface area contributed by atoms with Gasteiger partial charge in [0.25, 0.3) is 0 Å². The topological polar surface area (TPSA) is 30.5 Å². The normalized spacial score (nSPS) is 32.8. The van der Waals surface area contributed by atoms with Gasteiger partial charge in [0.05, 0.1) is 5.54 Å². The Bertz CT molecular complexity index is 362. The van der Waals surface area contributed by atoms with Crippen LogP contribution in [0.3, 0.4) is 0 Å². The molecule has 1 heterocycles. The van der Waals surface area contributed by atoms with E-state index in [0.29, 0.717) is 6.61 Å². The fourth-order valence-corrected chi connectivity index (χ4v) is 1.95. The summed E-state index contributed by atoms with van der Waals surface area (Å²) in [7, 11) is 0. The summed E-state index contributed by atoms with van der Waals surface area (Å²) in [4.78, 5) is 0. The molecule has 0 aromatic carbocycles. The number of ether oxygens (including phenoxy) is 2. The minimum Gasteiger partial charge on any atom is -0.486 e. The summed E-state index contributed by atoms with van der Waals surface area (Å²) in [5, 5.41) is 0. The Hall–Kier alpha value is -0.490. The molecule has 16 heavy (non-hydrogen) atoms. The molecule has 0 saturated heterocycles. The van der Waals surface area contributed by atoms with Crippen LogP contribution in [0.5, 0.6) is 0 Å². The van der Waals surface area contributed by atoms with Crippen molar-refractivity contribution in [2.45, 2.75) is 31.9 Å². The first kappa shape index (κ1) is 12.0. The molecule has 0 spiro atoms. The maximum Gasteiger partial charge on any atom is 0.161 e. The summed E-state index contributed by atoms with van der Waals surface area (Å²) in [6.45, 7) is 4.84. The lowest BCUT2D eigenvalue weighted by atomic mass is 10.0. The van der Waals surface area contributed by atoms with E-state index >= 15 is 0 Å². The number of allylic oxidation sites excluding steroid dienone is 2. The monoisotopic (exact) mass is 333 g/mol. The van der Waals surface area contributed by atoms with Crippen LogP contribution in [0.1, 0.15) is 20.3 Å². The van der Waals surface area contributed by atoms with Gasteiger partial charge in [0.1, 0.15) is 12.7 Å². The van der Waals surface area contributed by atoms with E-state index in [9.17, 15) is 0 Å². The number of hydrogen-bond donors (Lipinski definition) is 1. The minimum absolute atomic E-state index is 0.146. The first-order valence-electron chi connectivity index (χ1n) is 5.47. The fraction of sp³-hybridized carbons (Fsp3) is 0.500. The van der Waals surface area contributed by atoms with E-state index in [-0.39, 0.29) is 11.6 Å². The molecule has 0 fully saturated rings. The molecule has 2 rings (SSSR count). The summed E-state index contributed by atoms with van der Waals surface area (Å²) < 4.78 is 14.7. The Balaban J connectivity index is 2.22. The Morgan fingerprint density at radius 2 is 2.12 bits per heavy atom. The third kappa shape index (κ3) is 2.43. The zero-order valence-corrected chi connectivity index (χ0v) is 11.7. The second-order valence-corrected chi connectivity index (χ2v) is 4.77. The zero-order chi connectivity index (χ0) is 11.6. The summed E-state index contributed by atoms with van der Waals surface area (Å²) in [5.74, 6) is 1.67. The Morgan fingerprint density at radius 3 is 2.75 bits per heavy atom. The van der Waals surface area contributed by atoms with E-state index in [4.69, 9.17) is 9.47 Å². The number of nitrogens with one attached hydrogen (secondary N) is 1. The van der Waals surface area contributed by atoms with Crippen molar-refractivity contribution in [2.75, 3.05) is 6.61 Å². The van der Waals surface area contributed by atoms with Gasteiger partial charge in [-0.1, -0.05) is 19.1 Å². The van der Waals surface area contributed by atoms with Gasteiger partial charge in [-0.3, -0.25) is 0 Å². The third-order valence-electron chi connectivity index (χ3n) is 2.78. The van der Waals surface area contributed by atoms with Gasteiger partial charge in [0.2, 0.25) is 0 Å². The second kappa shape index (κ2) is 4.79. The molecule has 4 heteroatoms. The molecule has 0 saturated carbocycles. The van der Waals surface area contributed by atoms with Crippen LogP contribution in [0.25, 0.3) is 0 Å². The Kier molecular flexibility index (Phi) is 3.59. The molecular formula is C12H16INO2. The van der Waals surface area contributed by atoms with Crippen molar-refractivity contribution in [3.8, 4) is 0 Å². The van der Waals surface area contributed by atoms with Crippen LogP contribution in [0.2, 0.25) is 0 Å². The quantitative estimate of drug-likeness (QED) is 0.623. The van der Waals surface area contributed by atoms with Crippen LogP contribution in [0, 0.1) is 0 Å². The molecule has 1 aliphatic carbocycles. The number of halogens is 1. The molecule has 1 N–H and O–H groups in total. The van der Waals surface area contributed by atoms with Crippen LogP contribution >= 0.6 is 22.9 Å². The van der Waals surface area contributed by atoms with Gasteiger partial charge < -0.3 is 9.47 Å². The Morgan fingerprint density at radius 1 is 1.44 bits per heavy atom. The minimum atomic E-state index is -0.146. The molecule has 0 aromatic rings. The van der Waals surface area contributed by atoms with Crippen molar-refractivity contribution < 1.29 is 9.47 Å². The van der Waals surface area contributed by atoms with Crippen molar-refractivity contribution >= 4 is 22.9 Å². The summed E-state index contributed by atoms with van der Waals surface area (Å²) in [6, 6.07) is 0. The highest BCUT2D eigenvalue weighted by atomic mass is 127. The lowest BCUT2D eigenvalue weighted by Crippen LogP contribution is -2.30. The van der Waals surface area contributed by atoms with E-state index in [1.807, 2.05) is 12.2 Å². The van der Waals surface area contributed by atoms with Crippen LogP contribution in [0.15, 0.2) is 35.8 Å². The molecule has 0 aromatic heterocycles. The summed E-state index contributed by atoms with van der Waals surface area (Å²) >= 11 is 2.15. The highest BCUT2D eigenvalue weighted by Crippen LogP contribution is 2.26. The van der Waals surface area contributed by atoms with E-state index in [2.05, 4.69) is 52.4 Å². The molecule has 0 radical (unpaired) electrons. The molecular weight excluding hydrogens is 317 g/mol. The van der Waals surface area contributed by atoms with Crippen molar-refractivity contribution in [3.63, 3.8) is 0 Å². The average Bonchev–Trinajstić information content (AvgIpc) is 2.50.